The molecule has 1 fully saturated rings. The minimum atomic E-state index is 0.271. The number of hydrogen-bond donors (Lipinski definition) is 1. The van der Waals surface area contributed by atoms with E-state index in [9.17, 15) is 0 Å². The Labute approximate surface area is 88.8 Å². The topological polar surface area (TPSA) is 52.0 Å². The Morgan fingerprint density at radius 2 is 2.47 bits per heavy atom. The van der Waals surface area contributed by atoms with E-state index in [-0.39, 0.29) is 6.10 Å². The van der Waals surface area contributed by atoms with Crippen LogP contribution in [-0.2, 0) is 24.1 Å². The van der Waals surface area contributed by atoms with Gasteiger partial charge >= 0.3 is 0 Å². The summed E-state index contributed by atoms with van der Waals surface area (Å²) in [5, 5.41) is 11.8. The zero-order valence-electron chi connectivity index (χ0n) is 8.78. The molecule has 1 aromatic heterocycles. The molecule has 0 radical (unpaired) electrons. The van der Waals surface area contributed by atoms with Crippen molar-refractivity contribution in [2.75, 3.05) is 19.7 Å². The van der Waals surface area contributed by atoms with Crippen LogP contribution in [0.15, 0.2) is 0 Å². The van der Waals surface area contributed by atoms with E-state index in [1.165, 1.54) is 6.42 Å². The second kappa shape index (κ2) is 3.90. The van der Waals surface area contributed by atoms with Gasteiger partial charge in [-0.25, -0.2) is 0 Å². The summed E-state index contributed by atoms with van der Waals surface area (Å²) in [6.07, 6.45) is 3.45. The predicted octanol–water partition coefficient (Wildman–Crippen LogP) is -0.245. The highest BCUT2D eigenvalue weighted by Gasteiger charge is 2.21. The van der Waals surface area contributed by atoms with Crippen molar-refractivity contribution < 1.29 is 4.74 Å². The van der Waals surface area contributed by atoms with E-state index in [2.05, 4.69) is 20.1 Å². The normalized spacial score (nSPS) is 25.5. The molecule has 0 aliphatic carbocycles. The Morgan fingerprint density at radius 1 is 1.47 bits per heavy atom. The van der Waals surface area contributed by atoms with E-state index in [1.54, 1.807) is 0 Å². The maximum Gasteiger partial charge on any atom is 0.135 e. The molecule has 82 valence electrons. The van der Waals surface area contributed by atoms with Crippen molar-refractivity contribution in [3.63, 3.8) is 0 Å². The number of rotatable bonds is 2. The lowest BCUT2D eigenvalue weighted by Crippen LogP contribution is -2.40. The molecule has 0 aromatic carbocycles. The molecule has 0 spiro atoms. The molecule has 5 nitrogen and oxygen atoms in total. The summed E-state index contributed by atoms with van der Waals surface area (Å²) in [6, 6.07) is 0. The maximum absolute atomic E-state index is 5.67. The molecule has 0 saturated carbocycles. The van der Waals surface area contributed by atoms with E-state index < -0.39 is 0 Å². The Balaban J connectivity index is 1.70. The molecule has 1 N–H and O–H groups in total. The molecule has 1 atom stereocenters. The van der Waals surface area contributed by atoms with E-state index in [0.717, 1.165) is 50.7 Å². The van der Waals surface area contributed by atoms with Gasteiger partial charge in [0.1, 0.15) is 11.6 Å². The first-order chi connectivity index (χ1) is 7.43. The van der Waals surface area contributed by atoms with Crippen molar-refractivity contribution in [1.29, 1.82) is 0 Å². The number of morpholine rings is 1. The molecule has 15 heavy (non-hydrogen) atoms. The van der Waals surface area contributed by atoms with Gasteiger partial charge in [0.05, 0.1) is 12.7 Å². The number of fused-ring (bicyclic) bond motifs is 1. The first kappa shape index (κ1) is 9.30. The van der Waals surface area contributed by atoms with Gasteiger partial charge in [-0.15, -0.1) is 10.2 Å². The van der Waals surface area contributed by atoms with Gasteiger partial charge in [0.15, 0.2) is 0 Å². The summed E-state index contributed by atoms with van der Waals surface area (Å²) in [7, 11) is 0. The van der Waals surface area contributed by atoms with E-state index in [1.807, 2.05) is 0 Å². The molecule has 1 saturated heterocycles. The van der Waals surface area contributed by atoms with Crippen molar-refractivity contribution in [3.8, 4) is 0 Å². The van der Waals surface area contributed by atoms with Crippen LogP contribution in [0.1, 0.15) is 18.1 Å². The third-order valence-corrected chi connectivity index (χ3v) is 3.10. The molecular weight excluding hydrogens is 192 g/mol. The highest BCUT2D eigenvalue weighted by atomic mass is 16.5. The number of nitrogens with one attached hydrogen (secondary N) is 1. The molecule has 0 amide bonds. The van der Waals surface area contributed by atoms with Crippen LogP contribution in [0.5, 0.6) is 0 Å². The Morgan fingerprint density at radius 3 is 3.33 bits per heavy atom. The van der Waals surface area contributed by atoms with Crippen molar-refractivity contribution in [3.05, 3.63) is 11.6 Å². The van der Waals surface area contributed by atoms with Gasteiger partial charge in [0.2, 0.25) is 0 Å². The molecular formula is C10H16N4O. The lowest BCUT2D eigenvalue weighted by atomic mass is 10.2. The van der Waals surface area contributed by atoms with Gasteiger partial charge in [0, 0.05) is 32.5 Å². The quantitative estimate of drug-likeness (QED) is 0.728. The molecule has 2 aliphatic heterocycles. The minimum Gasteiger partial charge on any atom is -0.375 e. The van der Waals surface area contributed by atoms with Crippen molar-refractivity contribution in [1.82, 2.24) is 20.1 Å². The molecule has 1 aromatic rings. The summed E-state index contributed by atoms with van der Waals surface area (Å²) < 4.78 is 7.92. The zero-order chi connectivity index (χ0) is 10.1. The summed E-state index contributed by atoms with van der Waals surface area (Å²) in [5.41, 5.74) is 0. The number of nitrogens with zero attached hydrogens (tertiary/aromatic N) is 3. The lowest BCUT2D eigenvalue weighted by Gasteiger charge is -2.23. The number of aromatic nitrogens is 3. The van der Waals surface area contributed by atoms with E-state index >= 15 is 0 Å². The summed E-state index contributed by atoms with van der Waals surface area (Å²) in [6.45, 7) is 3.79. The fraction of sp³-hybridized carbons (Fsp3) is 0.800. The Hall–Kier alpha value is -0.940. The van der Waals surface area contributed by atoms with Gasteiger partial charge in [-0.05, 0) is 6.42 Å². The summed E-state index contributed by atoms with van der Waals surface area (Å²) >= 11 is 0. The van der Waals surface area contributed by atoms with E-state index in [4.69, 9.17) is 4.74 Å². The highest BCUT2D eigenvalue weighted by Crippen LogP contribution is 2.15. The van der Waals surface area contributed by atoms with Crippen LogP contribution in [0.3, 0.4) is 0 Å². The Bertz CT molecular complexity index is 343. The highest BCUT2D eigenvalue weighted by molar-refractivity contribution is 5.02. The van der Waals surface area contributed by atoms with Crippen LogP contribution in [0.25, 0.3) is 0 Å². The maximum atomic E-state index is 5.67. The average molecular weight is 208 g/mol. The third-order valence-electron chi connectivity index (χ3n) is 3.10. The fourth-order valence-corrected chi connectivity index (χ4v) is 2.32. The SMILES string of the molecule is C1Cc2nnc(CC3CNCCO3)n2C1. The average Bonchev–Trinajstić information content (AvgIpc) is 2.85. The van der Waals surface area contributed by atoms with Gasteiger partial charge in [-0.1, -0.05) is 0 Å². The van der Waals surface area contributed by atoms with Gasteiger partial charge < -0.3 is 14.6 Å². The first-order valence-corrected chi connectivity index (χ1v) is 5.67. The summed E-state index contributed by atoms with van der Waals surface area (Å²) in [5.74, 6) is 2.24. The summed E-state index contributed by atoms with van der Waals surface area (Å²) in [4.78, 5) is 0. The van der Waals surface area contributed by atoms with Crippen molar-refractivity contribution in [2.45, 2.75) is 31.9 Å². The van der Waals surface area contributed by atoms with Gasteiger partial charge in [-0.2, -0.15) is 0 Å². The predicted molar refractivity (Wildman–Crippen MR) is 54.7 cm³/mol. The number of ether oxygens (including phenoxy) is 1. The second-order valence-electron chi connectivity index (χ2n) is 4.19. The third kappa shape index (κ3) is 1.77. The van der Waals surface area contributed by atoms with Crippen molar-refractivity contribution in [2.24, 2.45) is 0 Å². The van der Waals surface area contributed by atoms with Gasteiger partial charge in [0.25, 0.3) is 0 Å². The van der Waals surface area contributed by atoms with Crippen LogP contribution < -0.4 is 5.32 Å². The monoisotopic (exact) mass is 208 g/mol. The first-order valence-electron chi connectivity index (χ1n) is 5.67. The molecule has 2 aliphatic rings. The molecule has 1 unspecified atom stereocenters. The van der Waals surface area contributed by atoms with Crippen LogP contribution >= 0.6 is 0 Å². The smallest absolute Gasteiger partial charge is 0.135 e. The molecule has 0 bridgehead atoms. The standard InChI is InChI=1S/C10H16N4O/c1-2-9-12-13-10(14(9)4-1)6-8-7-11-3-5-15-8/h8,11H,1-7H2. The lowest BCUT2D eigenvalue weighted by molar-refractivity contribution is 0.0275. The molecule has 3 heterocycles. The van der Waals surface area contributed by atoms with Crippen molar-refractivity contribution >= 4 is 0 Å². The minimum absolute atomic E-state index is 0.271. The fourth-order valence-electron chi connectivity index (χ4n) is 2.32. The largest absolute Gasteiger partial charge is 0.375 e. The van der Waals surface area contributed by atoms with Crippen LogP contribution in [-0.4, -0.2) is 40.6 Å². The van der Waals surface area contributed by atoms with Crippen LogP contribution in [0.4, 0.5) is 0 Å². The molecule has 5 heteroatoms. The van der Waals surface area contributed by atoms with Gasteiger partial charge in [-0.3, -0.25) is 0 Å². The Kier molecular flexibility index (Phi) is 2.42. The van der Waals surface area contributed by atoms with Crippen LogP contribution in [0.2, 0.25) is 0 Å². The molecule has 3 rings (SSSR count). The number of hydrogen-bond acceptors (Lipinski definition) is 4. The number of aryl methyl sites for hydroxylation is 1. The zero-order valence-corrected chi connectivity index (χ0v) is 8.78. The second-order valence-corrected chi connectivity index (χ2v) is 4.19. The van der Waals surface area contributed by atoms with Crippen LogP contribution in [0, 0.1) is 0 Å². The van der Waals surface area contributed by atoms with E-state index in [0.29, 0.717) is 0 Å².